The summed E-state index contributed by atoms with van der Waals surface area (Å²) in [5, 5.41) is 12.3. The van der Waals surface area contributed by atoms with E-state index in [1.165, 1.54) is 30.3 Å². The number of rotatable bonds is 5. The fraction of sp³-hybridized carbons (Fsp3) is 0.235. The number of aliphatic hydroxyl groups is 1. The maximum atomic E-state index is 13.0. The summed E-state index contributed by atoms with van der Waals surface area (Å²) in [6.07, 6.45) is -5.87. The number of alkyl halides is 3. The molecule has 1 amide bonds. The first-order valence-electron chi connectivity index (χ1n) is 7.12. The predicted octanol–water partition coefficient (Wildman–Crippen LogP) is 3.24. The van der Waals surface area contributed by atoms with Crippen LogP contribution in [0.4, 0.5) is 17.6 Å². The predicted molar refractivity (Wildman–Crippen MR) is 79.5 cm³/mol. The lowest BCUT2D eigenvalue weighted by Crippen LogP contribution is -2.29. The van der Waals surface area contributed by atoms with Crippen molar-refractivity contribution >= 4 is 5.91 Å². The number of carbonyl (C=O) groups is 1. The van der Waals surface area contributed by atoms with Gasteiger partial charge in [0.15, 0.2) is 0 Å². The summed E-state index contributed by atoms with van der Waals surface area (Å²) in [6.45, 7) is -0.241. The SMILES string of the molecule is O=C(Cc1cccc(F)c1)NC[C@H](O)c1cccc(C(F)(F)F)c1. The van der Waals surface area contributed by atoms with Crippen molar-refractivity contribution in [3.8, 4) is 0 Å². The Hall–Kier alpha value is -2.41. The number of carbonyl (C=O) groups excluding carboxylic acids is 1. The Bertz CT molecular complexity index is 716. The molecule has 0 saturated heterocycles. The Morgan fingerprint density at radius 2 is 1.83 bits per heavy atom. The van der Waals surface area contributed by atoms with Crippen molar-refractivity contribution in [2.24, 2.45) is 0 Å². The van der Waals surface area contributed by atoms with E-state index in [4.69, 9.17) is 0 Å². The van der Waals surface area contributed by atoms with Gasteiger partial charge in [-0.2, -0.15) is 13.2 Å². The van der Waals surface area contributed by atoms with Gasteiger partial charge in [-0.25, -0.2) is 4.39 Å². The molecule has 0 aliphatic heterocycles. The van der Waals surface area contributed by atoms with Gasteiger partial charge in [-0.1, -0.05) is 24.3 Å². The highest BCUT2D eigenvalue weighted by Gasteiger charge is 2.30. The van der Waals surface area contributed by atoms with Crippen molar-refractivity contribution < 1.29 is 27.5 Å². The van der Waals surface area contributed by atoms with Crippen LogP contribution < -0.4 is 5.32 Å². The Labute approximate surface area is 135 Å². The standard InChI is InChI=1S/C17H15F4NO2/c18-14-6-1-3-11(7-14)8-16(24)22-10-15(23)12-4-2-5-13(9-12)17(19,20)21/h1-7,9,15,23H,8,10H2,(H,22,24)/t15-/m0/s1. The molecule has 0 aromatic heterocycles. The molecule has 7 heteroatoms. The largest absolute Gasteiger partial charge is 0.416 e. The Balaban J connectivity index is 1.93. The number of nitrogens with one attached hydrogen (secondary N) is 1. The maximum absolute atomic E-state index is 13.0. The number of aliphatic hydroxyl groups excluding tert-OH is 1. The van der Waals surface area contributed by atoms with Gasteiger partial charge < -0.3 is 10.4 Å². The van der Waals surface area contributed by atoms with Gasteiger partial charge in [-0.15, -0.1) is 0 Å². The molecule has 2 rings (SSSR count). The second-order valence-corrected chi connectivity index (χ2v) is 5.25. The van der Waals surface area contributed by atoms with E-state index in [9.17, 15) is 27.5 Å². The highest BCUT2D eigenvalue weighted by molar-refractivity contribution is 5.78. The third-order valence-electron chi connectivity index (χ3n) is 3.35. The molecular weight excluding hydrogens is 326 g/mol. The first-order chi connectivity index (χ1) is 11.3. The van der Waals surface area contributed by atoms with Crippen molar-refractivity contribution in [3.63, 3.8) is 0 Å². The molecule has 24 heavy (non-hydrogen) atoms. The third kappa shape index (κ3) is 5.06. The summed E-state index contributed by atoms with van der Waals surface area (Å²) in [4.78, 5) is 11.8. The fourth-order valence-corrected chi connectivity index (χ4v) is 2.15. The summed E-state index contributed by atoms with van der Waals surface area (Å²) < 4.78 is 50.9. The van der Waals surface area contributed by atoms with Crippen LogP contribution in [0.2, 0.25) is 0 Å². The minimum Gasteiger partial charge on any atom is -0.387 e. The van der Waals surface area contributed by atoms with Gasteiger partial charge in [0.05, 0.1) is 18.1 Å². The lowest BCUT2D eigenvalue weighted by molar-refractivity contribution is -0.137. The number of benzene rings is 2. The van der Waals surface area contributed by atoms with Crippen LogP contribution in [0.5, 0.6) is 0 Å². The van der Waals surface area contributed by atoms with Crippen LogP contribution in [0.1, 0.15) is 22.8 Å². The van der Waals surface area contributed by atoms with Gasteiger partial charge in [0.25, 0.3) is 0 Å². The molecule has 1 atom stereocenters. The third-order valence-corrected chi connectivity index (χ3v) is 3.35. The van der Waals surface area contributed by atoms with Gasteiger partial charge in [0, 0.05) is 6.54 Å². The van der Waals surface area contributed by atoms with E-state index in [0.29, 0.717) is 5.56 Å². The molecule has 2 aromatic rings. The quantitative estimate of drug-likeness (QED) is 0.821. The molecule has 0 unspecified atom stereocenters. The lowest BCUT2D eigenvalue weighted by atomic mass is 10.1. The summed E-state index contributed by atoms with van der Waals surface area (Å²) >= 11 is 0. The molecule has 0 saturated carbocycles. The highest BCUT2D eigenvalue weighted by atomic mass is 19.4. The molecule has 0 heterocycles. The molecule has 2 N–H and O–H groups in total. The van der Waals surface area contributed by atoms with Crippen molar-refractivity contribution in [2.75, 3.05) is 6.54 Å². The van der Waals surface area contributed by atoms with Crippen LogP contribution >= 0.6 is 0 Å². The molecule has 128 valence electrons. The summed E-state index contributed by atoms with van der Waals surface area (Å²) in [7, 11) is 0. The topological polar surface area (TPSA) is 49.3 Å². The average Bonchev–Trinajstić information content (AvgIpc) is 2.52. The monoisotopic (exact) mass is 341 g/mol. The van der Waals surface area contributed by atoms with Crippen LogP contribution in [-0.4, -0.2) is 17.6 Å². The van der Waals surface area contributed by atoms with Crippen molar-refractivity contribution in [2.45, 2.75) is 18.7 Å². The van der Waals surface area contributed by atoms with E-state index in [0.717, 1.165) is 12.1 Å². The van der Waals surface area contributed by atoms with Gasteiger partial charge in [-0.05, 0) is 35.4 Å². The molecule has 0 spiro atoms. The fourth-order valence-electron chi connectivity index (χ4n) is 2.15. The van der Waals surface area contributed by atoms with E-state index in [-0.39, 0.29) is 18.5 Å². The smallest absolute Gasteiger partial charge is 0.387 e. The van der Waals surface area contributed by atoms with Crippen molar-refractivity contribution in [1.82, 2.24) is 5.32 Å². The summed E-state index contributed by atoms with van der Waals surface area (Å²) in [6, 6.07) is 9.78. The molecule has 0 radical (unpaired) electrons. The van der Waals surface area contributed by atoms with Crippen LogP contribution in [0.25, 0.3) is 0 Å². The first kappa shape index (κ1) is 17.9. The van der Waals surface area contributed by atoms with Crippen molar-refractivity contribution in [1.29, 1.82) is 0 Å². The molecule has 0 aliphatic carbocycles. The number of hydrogen-bond donors (Lipinski definition) is 2. The van der Waals surface area contributed by atoms with Crippen LogP contribution in [0.3, 0.4) is 0 Å². The number of amides is 1. The van der Waals surface area contributed by atoms with Crippen molar-refractivity contribution in [3.05, 3.63) is 71.0 Å². The van der Waals surface area contributed by atoms with Gasteiger partial charge in [0.1, 0.15) is 5.82 Å². The molecule has 0 aliphatic rings. The average molecular weight is 341 g/mol. The van der Waals surface area contributed by atoms with E-state index in [1.807, 2.05) is 0 Å². The second-order valence-electron chi connectivity index (χ2n) is 5.25. The highest BCUT2D eigenvalue weighted by Crippen LogP contribution is 2.30. The number of halogens is 4. The van der Waals surface area contributed by atoms with Gasteiger partial charge in [0.2, 0.25) is 5.91 Å². The molecule has 2 aromatic carbocycles. The lowest BCUT2D eigenvalue weighted by Gasteiger charge is -2.14. The molecule has 0 fully saturated rings. The van der Waals surface area contributed by atoms with Crippen LogP contribution in [0, 0.1) is 5.82 Å². The minimum atomic E-state index is -4.50. The van der Waals surface area contributed by atoms with E-state index >= 15 is 0 Å². The summed E-state index contributed by atoms with van der Waals surface area (Å²) in [5.41, 5.74) is -0.359. The number of hydrogen-bond acceptors (Lipinski definition) is 2. The van der Waals surface area contributed by atoms with E-state index in [1.54, 1.807) is 6.07 Å². The summed E-state index contributed by atoms with van der Waals surface area (Å²) in [5.74, 6) is -0.934. The Kier molecular flexibility index (Phi) is 5.56. The first-order valence-corrected chi connectivity index (χ1v) is 7.12. The molecule has 0 bridgehead atoms. The van der Waals surface area contributed by atoms with E-state index in [2.05, 4.69) is 5.32 Å². The zero-order valence-corrected chi connectivity index (χ0v) is 12.5. The Morgan fingerprint density at radius 1 is 1.12 bits per heavy atom. The van der Waals surface area contributed by atoms with E-state index < -0.39 is 29.6 Å². The zero-order chi connectivity index (χ0) is 17.7. The molecular formula is C17H15F4NO2. The maximum Gasteiger partial charge on any atom is 0.416 e. The van der Waals surface area contributed by atoms with Crippen LogP contribution in [0.15, 0.2) is 48.5 Å². The van der Waals surface area contributed by atoms with Gasteiger partial charge >= 0.3 is 6.18 Å². The second kappa shape index (κ2) is 7.44. The minimum absolute atomic E-state index is 0.0517. The molecule has 3 nitrogen and oxygen atoms in total. The van der Waals surface area contributed by atoms with Crippen LogP contribution in [-0.2, 0) is 17.4 Å². The normalized spacial score (nSPS) is 12.7. The Morgan fingerprint density at radius 3 is 2.50 bits per heavy atom. The zero-order valence-electron chi connectivity index (χ0n) is 12.5. The van der Waals surface area contributed by atoms with Gasteiger partial charge in [-0.3, -0.25) is 4.79 Å².